The highest BCUT2D eigenvalue weighted by atomic mass is 32.1. The van der Waals surface area contributed by atoms with E-state index in [0.717, 1.165) is 42.7 Å². The molecule has 1 aliphatic heterocycles. The van der Waals surface area contributed by atoms with Crippen molar-refractivity contribution in [2.45, 2.75) is 58.1 Å². The summed E-state index contributed by atoms with van der Waals surface area (Å²) in [6.07, 6.45) is 5.60. The first-order valence-electron chi connectivity index (χ1n) is 10.8. The van der Waals surface area contributed by atoms with Crippen LogP contribution in [0.3, 0.4) is 0 Å². The second-order valence-electron chi connectivity index (χ2n) is 7.61. The molecule has 1 aliphatic rings. The summed E-state index contributed by atoms with van der Waals surface area (Å²) in [5.74, 6) is -0.251. The largest absolute Gasteiger partial charge is 0.465 e. The van der Waals surface area contributed by atoms with Crippen molar-refractivity contribution in [3.63, 3.8) is 0 Å². The highest BCUT2D eigenvalue weighted by molar-refractivity contribution is 7.13. The van der Waals surface area contributed by atoms with Crippen molar-refractivity contribution in [1.82, 2.24) is 0 Å². The molecule has 0 aliphatic carbocycles. The van der Waals surface area contributed by atoms with Gasteiger partial charge in [0.15, 0.2) is 5.78 Å². The SMILES string of the molecule is CCCCCC(=O)c1ccc(N2C(=O)COC2CCCc2ccc(C(=O)OC)s2)cc1. The van der Waals surface area contributed by atoms with E-state index in [1.54, 1.807) is 23.1 Å². The Labute approximate surface area is 187 Å². The van der Waals surface area contributed by atoms with Gasteiger partial charge < -0.3 is 9.47 Å². The Balaban J connectivity index is 1.56. The molecule has 0 spiro atoms. The van der Waals surface area contributed by atoms with Crippen LogP contribution >= 0.6 is 11.3 Å². The Morgan fingerprint density at radius 2 is 1.90 bits per heavy atom. The lowest BCUT2D eigenvalue weighted by atomic mass is 10.0. The number of anilines is 1. The second kappa shape index (κ2) is 11.2. The van der Waals surface area contributed by atoms with Crippen molar-refractivity contribution in [2.24, 2.45) is 0 Å². The third-order valence-electron chi connectivity index (χ3n) is 5.35. The van der Waals surface area contributed by atoms with Crippen LogP contribution in [-0.2, 0) is 20.7 Å². The number of unbranched alkanes of at least 4 members (excludes halogenated alkanes) is 2. The van der Waals surface area contributed by atoms with E-state index in [1.807, 2.05) is 18.2 Å². The number of methoxy groups -OCH3 is 1. The molecular weight excluding hydrogens is 414 g/mol. The maximum absolute atomic E-state index is 12.4. The van der Waals surface area contributed by atoms with Crippen LogP contribution < -0.4 is 4.90 Å². The van der Waals surface area contributed by atoms with Crippen LogP contribution in [0.4, 0.5) is 5.69 Å². The van der Waals surface area contributed by atoms with Gasteiger partial charge >= 0.3 is 5.97 Å². The molecule has 2 heterocycles. The Morgan fingerprint density at radius 3 is 2.61 bits per heavy atom. The van der Waals surface area contributed by atoms with E-state index in [0.29, 0.717) is 23.3 Å². The van der Waals surface area contributed by atoms with Crippen molar-refractivity contribution in [3.05, 3.63) is 51.7 Å². The zero-order chi connectivity index (χ0) is 22.2. The smallest absolute Gasteiger partial charge is 0.348 e. The van der Waals surface area contributed by atoms with Gasteiger partial charge in [-0.3, -0.25) is 14.5 Å². The number of rotatable bonds is 11. The van der Waals surface area contributed by atoms with Crippen LogP contribution in [0.25, 0.3) is 0 Å². The number of hydrogen-bond acceptors (Lipinski definition) is 6. The number of hydrogen-bond donors (Lipinski definition) is 0. The molecule has 1 amide bonds. The number of carbonyl (C=O) groups is 3. The van der Waals surface area contributed by atoms with Crippen LogP contribution in [0.2, 0.25) is 0 Å². The fourth-order valence-electron chi connectivity index (χ4n) is 3.66. The summed E-state index contributed by atoms with van der Waals surface area (Å²) in [6, 6.07) is 11.0. The summed E-state index contributed by atoms with van der Waals surface area (Å²) < 4.78 is 10.5. The van der Waals surface area contributed by atoms with Gasteiger partial charge in [0.25, 0.3) is 5.91 Å². The van der Waals surface area contributed by atoms with Gasteiger partial charge in [-0.05, 0) is 62.1 Å². The summed E-state index contributed by atoms with van der Waals surface area (Å²) in [6.45, 7) is 2.18. The average molecular weight is 444 g/mol. The third-order valence-corrected chi connectivity index (χ3v) is 6.48. The van der Waals surface area contributed by atoms with Crippen molar-refractivity contribution in [1.29, 1.82) is 0 Å². The molecule has 31 heavy (non-hydrogen) atoms. The predicted molar refractivity (Wildman–Crippen MR) is 121 cm³/mol. The number of thiophene rings is 1. The van der Waals surface area contributed by atoms with Gasteiger partial charge in [-0.15, -0.1) is 11.3 Å². The molecule has 1 aromatic heterocycles. The van der Waals surface area contributed by atoms with E-state index in [4.69, 9.17) is 9.47 Å². The molecule has 0 N–H and O–H groups in total. The van der Waals surface area contributed by atoms with Gasteiger partial charge in [0, 0.05) is 22.5 Å². The zero-order valence-corrected chi connectivity index (χ0v) is 18.9. The quantitative estimate of drug-likeness (QED) is 0.277. The highest BCUT2D eigenvalue weighted by Gasteiger charge is 2.32. The number of nitrogens with zero attached hydrogens (tertiary/aromatic N) is 1. The van der Waals surface area contributed by atoms with Gasteiger partial charge in [0.05, 0.1) is 7.11 Å². The maximum Gasteiger partial charge on any atom is 0.348 e. The van der Waals surface area contributed by atoms with E-state index in [1.165, 1.54) is 18.4 Å². The molecule has 166 valence electrons. The first-order valence-corrected chi connectivity index (χ1v) is 11.6. The van der Waals surface area contributed by atoms with Gasteiger partial charge in [-0.25, -0.2) is 4.79 Å². The summed E-state index contributed by atoms with van der Waals surface area (Å²) in [5, 5.41) is 0. The van der Waals surface area contributed by atoms with Crippen LogP contribution in [0.15, 0.2) is 36.4 Å². The number of Topliss-reactive ketones (excluding diaryl/α,β-unsaturated/α-hetero) is 1. The first-order chi connectivity index (χ1) is 15.0. The van der Waals surface area contributed by atoms with Crippen LogP contribution in [0, 0.1) is 0 Å². The summed E-state index contributed by atoms with van der Waals surface area (Å²) in [4.78, 5) is 39.6. The van der Waals surface area contributed by atoms with Gasteiger partial charge in [0.1, 0.15) is 17.7 Å². The third kappa shape index (κ3) is 6.02. The van der Waals surface area contributed by atoms with E-state index < -0.39 is 0 Å². The lowest BCUT2D eigenvalue weighted by molar-refractivity contribution is -0.117. The number of aryl methyl sites for hydroxylation is 1. The highest BCUT2D eigenvalue weighted by Crippen LogP contribution is 2.27. The Morgan fingerprint density at radius 1 is 1.13 bits per heavy atom. The van der Waals surface area contributed by atoms with Gasteiger partial charge in [0.2, 0.25) is 0 Å². The number of benzene rings is 1. The lowest BCUT2D eigenvalue weighted by Crippen LogP contribution is -2.33. The number of ether oxygens (including phenoxy) is 2. The van der Waals surface area contributed by atoms with Crippen LogP contribution in [0.1, 0.15) is 70.4 Å². The summed E-state index contributed by atoms with van der Waals surface area (Å²) in [7, 11) is 1.37. The fraction of sp³-hybridized carbons (Fsp3) is 0.458. The molecule has 1 aromatic carbocycles. The van der Waals surface area contributed by atoms with Crippen molar-refractivity contribution in [3.8, 4) is 0 Å². The Bertz CT molecular complexity index is 905. The Hall–Kier alpha value is -2.51. The van der Waals surface area contributed by atoms with Gasteiger partial charge in [-0.2, -0.15) is 0 Å². The van der Waals surface area contributed by atoms with E-state index in [9.17, 15) is 14.4 Å². The standard InChI is InChI=1S/C24H29NO5S/c1-3-4-5-8-20(26)17-10-12-18(13-11-17)25-22(27)16-30-23(25)9-6-7-19-14-15-21(31-19)24(28)29-2/h10-15,23H,3-9,16H2,1-2H3. The minimum atomic E-state index is -0.321. The van der Waals surface area contributed by atoms with Crippen molar-refractivity contribution in [2.75, 3.05) is 18.6 Å². The molecule has 0 radical (unpaired) electrons. The van der Waals surface area contributed by atoms with E-state index in [-0.39, 0.29) is 30.5 Å². The maximum atomic E-state index is 12.4. The molecule has 1 saturated heterocycles. The molecular formula is C24H29NO5S. The molecule has 1 atom stereocenters. The molecule has 1 unspecified atom stereocenters. The molecule has 3 rings (SSSR count). The molecule has 7 heteroatoms. The zero-order valence-electron chi connectivity index (χ0n) is 18.1. The summed E-state index contributed by atoms with van der Waals surface area (Å²) >= 11 is 1.43. The Kier molecular flexibility index (Phi) is 8.37. The minimum Gasteiger partial charge on any atom is -0.465 e. The number of carbonyl (C=O) groups excluding carboxylic acids is 3. The summed E-state index contributed by atoms with van der Waals surface area (Å²) in [5.41, 5.74) is 1.43. The molecule has 0 bridgehead atoms. The minimum absolute atomic E-state index is 0.0634. The van der Waals surface area contributed by atoms with E-state index >= 15 is 0 Å². The fourth-order valence-corrected chi connectivity index (χ4v) is 4.62. The molecule has 6 nitrogen and oxygen atoms in total. The average Bonchev–Trinajstić information content (AvgIpc) is 3.40. The van der Waals surface area contributed by atoms with Crippen LogP contribution in [-0.4, -0.2) is 37.6 Å². The second-order valence-corrected chi connectivity index (χ2v) is 8.77. The molecule has 0 saturated carbocycles. The predicted octanol–water partition coefficient (Wildman–Crippen LogP) is 5.01. The molecule has 2 aromatic rings. The van der Waals surface area contributed by atoms with Crippen molar-refractivity contribution >= 4 is 34.7 Å². The topological polar surface area (TPSA) is 72.9 Å². The monoisotopic (exact) mass is 443 g/mol. The number of ketones is 1. The van der Waals surface area contributed by atoms with E-state index in [2.05, 4.69) is 6.92 Å². The van der Waals surface area contributed by atoms with Crippen molar-refractivity contribution < 1.29 is 23.9 Å². The number of esters is 1. The van der Waals surface area contributed by atoms with Crippen LogP contribution in [0.5, 0.6) is 0 Å². The van der Waals surface area contributed by atoms with Gasteiger partial charge in [-0.1, -0.05) is 19.8 Å². The first kappa shape index (κ1) is 23.2. The number of amides is 1. The normalized spacial score (nSPS) is 16.0. The molecule has 1 fully saturated rings. The lowest BCUT2D eigenvalue weighted by Gasteiger charge is -2.23.